The Hall–Kier alpha value is -2.47. The molecule has 0 radical (unpaired) electrons. The molecule has 2 heterocycles. The molecule has 1 aromatic carbocycles. The number of pyridine rings is 1. The highest BCUT2D eigenvalue weighted by Gasteiger charge is 2.22. The van der Waals surface area contributed by atoms with Crippen molar-refractivity contribution in [2.75, 3.05) is 44.6 Å². The first-order valence-electron chi connectivity index (χ1n) is 9.11. The molecular weight excluding hydrogens is 331 g/mol. The molecule has 0 unspecified atom stereocenters. The number of halogens is 1. The largest absolute Gasteiger partial charge is 0.385 e. The molecule has 3 rings (SSSR count). The second kappa shape index (κ2) is 8.76. The van der Waals surface area contributed by atoms with E-state index in [-0.39, 0.29) is 11.7 Å². The smallest absolute Gasteiger partial charge is 0.272 e. The fourth-order valence-electron chi connectivity index (χ4n) is 3.09. The summed E-state index contributed by atoms with van der Waals surface area (Å²) in [6.07, 6.45) is 2.45. The Kier molecular flexibility index (Phi) is 6.17. The second-order valence-corrected chi connectivity index (χ2v) is 6.46. The van der Waals surface area contributed by atoms with Crippen molar-refractivity contribution >= 4 is 11.6 Å². The maximum absolute atomic E-state index is 12.9. The van der Waals surface area contributed by atoms with Crippen LogP contribution in [0.25, 0.3) is 0 Å². The Morgan fingerprint density at radius 1 is 1.15 bits per heavy atom. The van der Waals surface area contributed by atoms with Crippen molar-refractivity contribution in [1.82, 2.24) is 14.8 Å². The van der Waals surface area contributed by atoms with Crippen molar-refractivity contribution in [2.45, 2.75) is 13.3 Å². The Morgan fingerprint density at radius 3 is 2.58 bits per heavy atom. The van der Waals surface area contributed by atoms with Gasteiger partial charge >= 0.3 is 0 Å². The van der Waals surface area contributed by atoms with E-state index < -0.39 is 0 Å². The monoisotopic (exact) mass is 356 g/mol. The summed E-state index contributed by atoms with van der Waals surface area (Å²) in [5.41, 5.74) is 2.41. The van der Waals surface area contributed by atoms with E-state index in [0.717, 1.165) is 50.4 Å². The third-order valence-corrected chi connectivity index (χ3v) is 4.74. The lowest BCUT2D eigenvalue weighted by Crippen LogP contribution is -2.48. The van der Waals surface area contributed by atoms with Crippen LogP contribution in [0.4, 0.5) is 10.1 Å². The number of benzene rings is 1. The van der Waals surface area contributed by atoms with E-state index in [4.69, 9.17) is 0 Å². The predicted molar refractivity (Wildman–Crippen MR) is 101 cm³/mol. The van der Waals surface area contributed by atoms with Gasteiger partial charge in [-0.25, -0.2) is 4.39 Å². The molecule has 1 N–H and O–H groups in total. The van der Waals surface area contributed by atoms with Crippen LogP contribution < -0.4 is 5.32 Å². The van der Waals surface area contributed by atoms with E-state index in [1.807, 2.05) is 11.0 Å². The van der Waals surface area contributed by atoms with Gasteiger partial charge in [0.1, 0.15) is 11.5 Å². The number of piperazine rings is 1. The fraction of sp³-hybridized carbons (Fsp3) is 0.400. The summed E-state index contributed by atoms with van der Waals surface area (Å²) in [4.78, 5) is 21.1. The molecule has 26 heavy (non-hydrogen) atoms. The topological polar surface area (TPSA) is 48.5 Å². The molecule has 6 heteroatoms. The van der Waals surface area contributed by atoms with Gasteiger partial charge in [-0.2, -0.15) is 0 Å². The van der Waals surface area contributed by atoms with Gasteiger partial charge in [0.2, 0.25) is 0 Å². The molecule has 0 aliphatic carbocycles. The van der Waals surface area contributed by atoms with E-state index in [9.17, 15) is 9.18 Å². The third kappa shape index (κ3) is 4.79. The molecular formula is C20H25FN4O. The van der Waals surface area contributed by atoms with Crippen LogP contribution in [0.2, 0.25) is 0 Å². The van der Waals surface area contributed by atoms with Gasteiger partial charge in [0.15, 0.2) is 0 Å². The van der Waals surface area contributed by atoms with Gasteiger partial charge in [0.05, 0.1) is 0 Å². The highest BCUT2D eigenvalue weighted by molar-refractivity contribution is 5.93. The first-order chi connectivity index (χ1) is 12.7. The molecule has 0 atom stereocenters. The van der Waals surface area contributed by atoms with Gasteiger partial charge in [0.25, 0.3) is 5.91 Å². The van der Waals surface area contributed by atoms with Gasteiger partial charge in [-0.05, 0) is 42.8 Å². The number of carbonyl (C=O) groups is 1. The van der Waals surface area contributed by atoms with E-state index in [0.29, 0.717) is 12.2 Å². The number of hydrogen-bond donors (Lipinski definition) is 1. The van der Waals surface area contributed by atoms with Crippen LogP contribution in [0, 0.1) is 5.82 Å². The van der Waals surface area contributed by atoms with Gasteiger partial charge in [-0.3, -0.25) is 9.78 Å². The van der Waals surface area contributed by atoms with Gasteiger partial charge in [-0.15, -0.1) is 0 Å². The van der Waals surface area contributed by atoms with E-state index in [1.54, 1.807) is 24.4 Å². The van der Waals surface area contributed by atoms with Crippen LogP contribution >= 0.6 is 0 Å². The first-order valence-corrected chi connectivity index (χ1v) is 9.11. The third-order valence-electron chi connectivity index (χ3n) is 4.74. The summed E-state index contributed by atoms with van der Waals surface area (Å²) in [5.74, 6) is -0.235. The minimum Gasteiger partial charge on any atom is -0.385 e. The van der Waals surface area contributed by atoms with Crippen molar-refractivity contribution in [1.29, 1.82) is 0 Å². The number of amides is 1. The molecule has 138 valence electrons. The number of hydrogen-bond acceptors (Lipinski definition) is 4. The molecule has 2 aromatic rings. The number of nitrogens with one attached hydrogen (secondary N) is 1. The van der Waals surface area contributed by atoms with Crippen LogP contribution in [0.1, 0.15) is 23.0 Å². The number of aromatic nitrogens is 1. The van der Waals surface area contributed by atoms with Crippen LogP contribution in [0.15, 0.2) is 42.6 Å². The zero-order valence-corrected chi connectivity index (χ0v) is 15.1. The summed E-state index contributed by atoms with van der Waals surface area (Å²) in [6, 6.07) is 10.2. The zero-order chi connectivity index (χ0) is 18.4. The van der Waals surface area contributed by atoms with Crippen LogP contribution in [0.3, 0.4) is 0 Å². The summed E-state index contributed by atoms with van der Waals surface area (Å²) < 4.78 is 12.9. The minimum absolute atomic E-state index is 0.0112. The minimum atomic E-state index is -0.223. The van der Waals surface area contributed by atoms with Crippen molar-refractivity contribution < 1.29 is 9.18 Å². The molecule has 0 spiro atoms. The van der Waals surface area contributed by atoms with Gasteiger partial charge < -0.3 is 15.1 Å². The lowest BCUT2D eigenvalue weighted by Gasteiger charge is -2.33. The van der Waals surface area contributed by atoms with Gasteiger partial charge in [-0.1, -0.05) is 19.1 Å². The Balaban J connectivity index is 1.54. The van der Waals surface area contributed by atoms with Crippen LogP contribution in [-0.2, 0) is 6.42 Å². The van der Waals surface area contributed by atoms with Crippen molar-refractivity contribution in [3.63, 3.8) is 0 Å². The average Bonchev–Trinajstić information content (AvgIpc) is 2.69. The second-order valence-electron chi connectivity index (χ2n) is 6.46. The van der Waals surface area contributed by atoms with E-state index >= 15 is 0 Å². The predicted octanol–water partition coefficient (Wildman–Crippen LogP) is 2.65. The summed E-state index contributed by atoms with van der Waals surface area (Å²) >= 11 is 0. The van der Waals surface area contributed by atoms with Crippen molar-refractivity contribution in [3.8, 4) is 0 Å². The first kappa shape index (κ1) is 18.3. The number of likely N-dealkylation sites (N-methyl/N-ethyl adjacent to an activating group) is 1. The van der Waals surface area contributed by atoms with Crippen LogP contribution in [0.5, 0.6) is 0 Å². The fourth-order valence-corrected chi connectivity index (χ4v) is 3.09. The summed E-state index contributed by atoms with van der Waals surface area (Å²) in [5, 5.41) is 3.31. The van der Waals surface area contributed by atoms with Crippen LogP contribution in [-0.4, -0.2) is 60.0 Å². The molecule has 0 bridgehead atoms. The lowest BCUT2D eigenvalue weighted by molar-refractivity contribution is 0.0637. The summed E-state index contributed by atoms with van der Waals surface area (Å²) in [7, 11) is 0. The molecule has 0 saturated carbocycles. The van der Waals surface area contributed by atoms with Crippen molar-refractivity contribution in [3.05, 3.63) is 59.7 Å². The quantitative estimate of drug-likeness (QED) is 0.864. The number of rotatable bonds is 6. The number of carbonyl (C=O) groups excluding carboxylic acids is 1. The SMILES string of the molecule is CCN1CCN(C(=O)c2cc(NCCc3ccc(F)cc3)ccn2)CC1. The average molecular weight is 356 g/mol. The van der Waals surface area contributed by atoms with Crippen molar-refractivity contribution in [2.24, 2.45) is 0 Å². The Labute approximate surface area is 153 Å². The highest BCUT2D eigenvalue weighted by atomic mass is 19.1. The number of nitrogens with zero attached hydrogens (tertiary/aromatic N) is 3. The summed E-state index contributed by atoms with van der Waals surface area (Å²) in [6.45, 7) is 7.19. The van der Waals surface area contributed by atoms with E-state index in [2.05, 4.69) is 22.1 Å². The maximum atomic E-state index is 12.9. The normalized spacial score (nSPS) is 15.1. The van der Waals surface area contributed by atoms with E-state index in [1.165, 1.54) is 12.1 Å². The standard InChI is InChI=1S/C20H25FN4O/c1-2-24-11-13-25(14-12-24)20(26)19-15-18(8-10-23-19)22-9-7-16-3-5-17(21)6-4-16/h3-6,8,10,15H,2,7,9,11-14H2,1H3,(H,22,23). The molecule has 1 amide bonds. The number of anilines is 1. The Morgan fingerprint density at radius 2 is 1.88 bits per heavy atom. The maximum Gasteiger partial charge on any atom is 0.272 e. The Bertz CT molecular complexity index is 727. The molecule has 1 aliphatic rings. The molecule has 1 aromatic heterocycles. The molecule has 1 aliphatic heterocycles. The molecule has 1 fully saturated rings. The highest BCUT2D eigenvalue weighted by Crippen LogP contribution is 2.12. The lowest BCUT2D eigenvalue weighted by atomic mass is 10.1. The molecule has 1 saturated heterocycles. The zero-order valence-electron chi connectivity index (χ0n) is 15.1. The molecule has 5 nitrogen and oxygen atoms in total. The van der Waals surface area contributed by atoms with Gasteiger partial charge in [0, 0.05) is 44.6 Å².